The molecule has 6 saturated carbocycles. The Morgan fingerprint density at radius 1 is 1.00 bits per heavy atom. The predicted octanol–water partition coefficient (Wildman–Crippen LogP) is 2.54. The van der Waals surface area contributed by atoms with E-state index in [0.717, 1.165) is 28.1 Å². The maximum atomic E-state index is 2.60. The van der Waals surface area contributed by atoms with E-state index in [0.29, 0.717) is 0 Å². The van der Waals surface area contributed by atoms with Crippen LogP contribution in [-0.2, 0) is 0 Å². The standard InChI is InChI=1S/C13H16/c1-5-8-3-7-4-9-12-6(2)11(5,12)13(9,12)10(7)8/h5-10H,3-4H2,1-2H3. The highest BCUT2D eigenvalue weighted by Gasteiger charge is 3.24. The number of hydrogen-bond donors (Lipinski definition) is 0. The molecule has 6 fully saturated rings. The van der Waals surface area contributed by atoms with Gasteiger partial charge in [0.15, 0.2) is 0 Å². The van der Waals surface area contributed by atoms with Gasteiger partial charge in [-0.3, -0.25) is 0 Å². The molecule has 0 heteroatoms. The van der Waals surface area contributed by atoms with Crippen LogP contribution in [0.4, 0.5) is 0 Å². The van der Waals surface area contributed by atoms with E-state index in [1.54, 1.807) is 12.8 Å². The average molecular weight is 172 g/mol. The lowest BCUT2D eigenvalue weighted by Gasteiger charge is -2.43. The molecule has 0 aromatic heterocycles. The first-order valence-corrected chi connectivity index (χ1v) is 6.27. The van der Waals surface area contributed by atoms with Crippen LogP contribution in [0, 0.1) is 51.8 Å². The van der Waals surface area contributed by atoms with Crippen LogP contribution in [-0.4, -0.2) is 0 Å². The molecule has 0 N–H and O–H groups in total. The molecular formula is C13H16. The molecule has 0 aromatic carbocycles. The van der Waals surface area contributed by atoms with E-state index >= 15 is 0 Å². The quantitative estimate of drug-likeness (QED) is 0.527. The largest absolute Gasteiger partial charge is 0.0616 e. The third-order valence-corrected chi connectivity index (χ3v) is 8.26. The van der Waals surface area contributed by atoms with Gasteiger partial charge in [0, 0.05) is 0 Å². The monoisotopic (exact) mass is 172 g/mol. The Morgan fingerprint density at radius 3 is 2.69 bits per heavy atom. The van der Waals surface area contributed by atoms with Gasteiger partial charge in [-0.25, -0.2) is 0 Å². The van der Waals surface area contributed by atoms with Gasteiger partial charge in [-0.2, -0.15) is 0 Å². The summed E-state index contributed by atoms with van der Waals surface area (Å²) in [6.45, 7) is 5.17. The number of hydrogen-bond acceptors (Lipinski definition) is 0. The first kappa shape index (κ1) is 5.78. The lowest BCUT2D eigenvalue weighted by molar-refractivity contribution is 0.0532. The van der Waals surface area contributed by atoms with Crippen molar-refractivity contribution in [3.05, 3.63) is 0 Å². The van der Waals surface area contributed by atoms with Gasteiger partial charge >= 0.3 is 0 Å². The second-order valence-corrected chi connectivity index (χ2v) is 7.09. The molecule has 0 saturated heterocycles. The molecule has 6 rings (SSSR count). The number of rotatable bonds is 0. The SMILES string of the molecule is CC1C2CC3CC4C5(C32)C12C(C)C425. The Hall–Kier alpha value is 0. The zero-order valence-electron chi connectivity index (χ0n) is 8.38. The minimum atomic E-state index is 0.977. The average Bonchev–Trinajstić information content (AvgIpc) is 2.85. The Morgan fingerprint density at radius 2 is 1.85 bits per heavy atom. The van der Waals surface area contributed by atoms with Gasteiger partial charge < -0.3 is 0 Å². The summed E-state index contributed by atoms with van der Waals surface area (Å²) in [6, 6.07) is 0. The van der Waals surface area contributed by atoms with Crippen LogP contribution in [0.2, 0.25) is 0 Å². The first-order chi connectivity index (χ1) is 6.27. The van der Waals surface area contributed by atoms with Crippen LogP contribution < -0.4 is 0 Å². The summed E-state index contributed by atoms with van der Waals surface area (Å²) in [5.74, 6) is 7.26. The summed E-state index contributed by atoms with van der Waals surface area (Å²) in [4.78, 5) is 0. The van der Waals surface area contributed by atoms with Crippen molar-refractivity contribution in [2.24, 2.45) is 51.8 Å². The fourth-order valence-electron chi connectivity index (χ4n) is 8.68. The summed E-state index contributed by atoms with van der Waals surface area (Å²) in [5.41, 5.74) is 3.02. The van der Waals surface area contributed by atoms with Gasteiger partial charge in [0.2, 0.25) is 0 Å². The van der Waals surface area contributed by atoms with Crippen LogP contribution in [0.3, 0.4) is 0 Å². The van der Waals surface area contributed by atoms with Gasteiger partial charge in [0.25, 0.3) is 0 Å². The van der Waals surface area contributed by atoms with Crippen LogP contribution in [0.5, 0.6) is 0 Å². The zero-order valence-corrected chi connectivity index (χ0v) is 8.38. The van der Waals surface area contributed by atoms with Crippen molar-refractivity contribution in [3.8, 4) is 0 Å². The lowest BCUT2D eigenvalue weighted by Crippen LogP contribution is -2.37. The molecule has 0 heterocycles. The molecule has 0 bridgehead atoms. The summed E-state index contributed by atoms with van der Waals surface area (Å²) >= 11 is 0. The van der Waals surface area contributed by atoms with Gasteiger partial charge in [-0.15, -0.1) is 0 Å². The van der Waals surface area contributed by atoms with E-state index in [1.165, 1.54) is 23.7 Å². The van der Waals surface area contributed by atoms with Gasteiger partial charge in [0.1, 0.15) is 0 Å². The molecule has 68 valence electrons. The van der Waals surface area contributed by atoms with E-state index in [2.05, 4.69) is 13.8 Å². The molecule has 9 unspecified atom stereocenters. The van der Waals surface area contributed by atoms with Gasteiger partial charge in [-0.05, 0) is 64.6 Å². The maximum Gasteiger partial charge on any atom is -0.00941 e. The summed E-state index contributed by atoms with van der Waals surface area (Å²) in [5, 5.41) is 0. The molecule has 3 spiro atoms. The van der Waals surface area contributed by atoms with Gasteiger partial charge in [0.05, 0.1) is 0 Å². The molecule has 0 radical (unpaired) electrons. The summed E-state index contributed by atoms with van der Waals surface area (Å²) < 4.78 is 0. The van der Waals surface area contributed by atoms with Crippen LogP contribution in [0.15, 0.2) is 0 Å². The first-order valence-electron chi connectivity index (χ1n) is 6.27. The smallest absolute Gasteiger partial charge is 0.00941 e. The van der Waals surface area contributed by atoms with Crippen molar-refractivity contribution in [2.75, 3.05) is 0 Å². The second kappa shape index (κ2) is 1.01. The van der Waals surface area contributed by atoms with Crippen molar-refractivity contribution in [2.45, 2.75) is 26.7 Å². The van der Waals surface area contributed by atoms with Crippen molar-refractivity contribution >= 4 is 0 Å². The van der Waals surface area contributed by atoms with E-state index in [9.17, 15) is 0 Å². The fraction of sp³-hybridized carbons (Fsp3) is 1.00. The minimum absolute atomic E-state index is 0.977. The molecule has 13 heavy (non-hydrogen) atoms. The Labute approximate surface area is 79.1 Å². The second-order valence-electron chi connectivity index (χ2n) is 7.09. The van der Waals surface area contributed by atoms with E-state index in [4.69, 9.17) is 0 Å². The Kier molecular flexibility index (Phi) is 0.447. The van der Waals surface area contributed by atoms with E-state index in [-0.39, 0.29) is 0 Å². The van der Waals surface area contributed by atoms with Gasteiger partial charge in [-0.1, -0.05) is 13.8 Å². The van der Waals surface area contributed by atoms with E-state index in [1.807, 2.05) is 0 Å². The molecule has 6 aliphatic rings. The van der Waals surface area contributed by atoms with Crippen LogP contribution >= 0.6 is 0 Å². The molecule has 0 aliphatic heterocycles. The van der Waals surface area contributed by atoms with Crippen LogP contribution in [0.1, 0.15) is 26.7 Å². The normalized spacial score (nSPS) is 98.3. The van der Waals surface area contributed by atoms with Crippen LogP contribution in [0.25, 0.3) is 0 Å². The molecule has 0 aromatic rings. The zero-order chi connectivity index (χ0) is 8.38. The highest BCUT2D eigenvalue weighted by Crippen LogP contribution is 3.27. The lowest BCUT2D eigenvalue weighted by atomic mass is 9.62. The minimum Gasteiger partial charge on any atom is -0.0616 e. The van der Waals surface area contributed by atoms with Crippen molar-refractivity contribution in [1.82, 2.24) is 0 Å². The topological polar surface area (TPSA) is 0 Å². The Bertz CT molecular complexity index is 393. The fourth-order valence-corrected chi connectivity index (χ4v) is 8.68. The molecule has 0 amide bonds. The third kappa shape index (κ3) is 0.202. The maximum absolute atomic E-state index is 2.60. The molecular weight excluding hydrogens is 156 g/mol. The summed E-state index contributed by atoms with van der Waals surface area (Å²) in [6.07, 6.45) is 3.30. The molecule has 0 nitrogen and oxygen atoms in total. The van der Waals surface area contributed by atoms with Crippen molar-refractivity contribution in [1.29, 1.82) is 0 Å². The third-order valence-electron chi connectivity index (χ3n) is 8.26. The summed E-state index contributed by atoms with van der Waals surface area (Å²) in [7, 11) is 0. The highest BCUT2D eigenvalue weighted by molar-refractivity contribution is 5.70. The Balaban J connectivity index is 1.72. The molecule has 6 aliphatic carbocycles. The predicted molar refractivity (Wildman–Crippen MR) is 48.8 cm³/mol. The van der Waals surface area contributed by atoms with E-state index < -0.39 is 0 Å². The van der Waals surface area contributed by atoms with Crippen molar-refractivity contribution in [3.63, 3.8) is 0 Å². The highest BCUT2D eigenvalue weighted by atomic mass is 15.3. The molecule has 9 atom stereocenters. The van der Waals surface area contributed by atoms with Crippen molar-refractivity contribution < 1.29 is 0 Å².